The maximum absolute atomic E-state index is 10.9. The predicted octanol–water partition coefficient (Wildman–Crippen LogP) is 0.605. The van der Waals surface area contributed by atoms with Crippen LogP contribution < -0.4 is 5.73 Å². The van der Waals surface area contributed by atoms with Gasteiger partial charge in [0.05, 0.1) is 0 Å². The molecule has 80 valence electrons. The molecule has 2 fully saturated rings. The van der Waals surface area contributed by atoms with E-state index in [0.29, 0.717) is 5.92 Å². The van der Waals surface area contributed by atoms with Crippen molar-refractivity contribution >= 4 is 5.97 Å². The summed E-state index contributed by atoms with van der Waals surface area (Å²) in [7, 11) is 0. The molecule has 1 aliphatic heterocycles. The first kappa shape index (κ1) is 9.93. The van der Waals surface area contributed by atoms with Crippen LogP contribution in [0.5, 0.6) is 0 Å². The smallest absolute Gasteiger partial charge is 0.321 e. The molecule has 1 saturated carbocycles. The van der Waals surface area contributed by atoms with E-state index in [1.54, 1.807) is 0 Å². The van der Waals surface area contributed by atoms with E-state index in [4.69, 9.17) is 15.6 Å². The summed E-state index contributed by atoms with van der Waals surface area (Å²) in [5.74, 6) is -0.392. The second kappa shape index (κ2) is 3.51. The van der Waals surface area contributed by atoms with Crippen LogP contribution in [0.15, 0.2) is 0 Å². The highest BCUT2D eigenvalue weighted by molar-refractivity contribution is 5.75. The molecule has 1 heterocycles. The van der Waals surface area contributed by atoms with Crippen molar-refractivity contribution in [1.82, 2.24) is 0 Å². The maximum atomic E-state index is 10.9. The molecular weight excluding hydrogens is 182 g/mol. The fraction of sp³-hybridized carbons (Fsp3) is 0.900. The van der Waals surface area contributed by atoms with Gasteiger partial charge in [-0.2, -0.15) is 0 Å². The summed E-state index contributed by atoms with van der Waals surface area (Å²) in [6, 6.07) is -0.675. The molecule has 1 unspecified atom stereocenters. The van der Waals surface area contributed by atoms with Crippen LogP contribution in [-0.4, -0.2) is 30.3 Å². The number of hydrogen-bond acceptors (Lipinski definition) is 3. The fourth-order valence-electron chi connectivity index (χ4n) is 2.64. The lowest BCUT2D eigenvalue weighted by Gasteiger charge is -2.32. The lowest BCUT2D eigenvalue weighted by atomic mass is 9.78. The Balaban J connectivity index is 2.03. The van der Waals surface area contributed by atoms with Crippen LogP contribution in [0.3, 0.4) is 0 Å². The monoisotopic (exact) mass is 199 g/mol. The Hall–Kier alpha value is -0.610. The largest absolute Gasteiger partial charge is 0.480 e. The Morgan fingerprint density at radius 3 is 2.43 bits per heavy atom. The zero-order valence-corrected chi connectivity index (χ0v) is 8.24. The molecule has 0 aromatic rings. The Morgan fingerprint density at radius 2 is 2.00 bits per heavy atom. The van der Waals surface area contributed by atoms with Gasteiger partial charge >= 0.3 is 5.97 Å². The van der Waals surface area contributed by atoms with E-state index < -0.39 is 12.0 Å². The van der Waals surface area contributed by atoms with Gasteiger partial charge < -0.3 is 15.6 Å². The number of aliphatic carboxylic acids is 1. The molecule has 2 aliphatic rings. The van der Waals surface area contributed by atoms with Crippen molar-refractivity contribution < 1.29 is 14.6 Å². The number of hydrogen-bond donors (Lipinski definition) is 2. The van der Waals surface area contributed by atoms with Crippen molar-refractivity contribution in [3.8, 4) is 0 Å². The van der Waals surface area contributed by atoms with Crippen molar-refractivity contribution in [2.24, 2.45) is 17.1 Å². The molecule has 0 aromatic carbocycles. The van der Waals surface area contributed by atoms with Gasteiger partial charge in [0.2, 0.25) is 0 Å². The number of carboxylic acid groups (broad SMARTS) is 1. The van der Waals surface area contributed by atoms with E-state index >= 15 is 0 Å². The molecule has 3 N–H and O–H groups in total. The first-order valence-electron chi connectivity index (χ1n) is 5.23. The zero-order chi connectivity index (χ0) is 10.2. The van der Waals surface area contributed by atoms with Crippen LogP contribution in [-0.2, 0) is 9.53 Å². The standard InChI is InChI=1S/C10H17NO3/c11-8(9(12)13)10(3-4-10)7-1-5-14-6-2-7/h7-8H,1-6,11H2,(H,12,13). The quantitative estimate of drug-likeness (QED) is 0.698. The lowest BCUT2D eigenvalue weighted by Crippen LogP contribution is -2.44. The average Bonchev–Trinajstić information content (AvgIpc) is 2.99. The molecule has 4 heteroatoms. The van der Waals surface area contributed by atoms with Gasteiger partial charge in [-0.1, -0.05) is 0 Å². The van der Waals surface area contributed by atoms with Crippen LogP contribution in [0.2, 0.25) is 0 Å². The minimum absolute atomic E-state index is 0.102. The SMILES string of the molecule is NC(C(=O)O)C1(C2CCOCC2)CC1. The van der Waals surface area contributed by atoms with Gasteiger partial charge in [-0.15, -0.1) is 0 Å². The second-order valence-electron chi connectivity index (χ2n) is 4.44. The third-order valence-electron chi connectivity index (χ3n) is 3.75. The molecule has 0 spiro atoms. The lowest BCUT2D eigenvalue weighted by molar-refractivity contribution is -0.141. The van der Waals surface area contributed by atoms with E-state index in [0.717, 1.165) is 38.9 Å². The van der Waals surface area contributed by atoms with Crippen molar-refractivity contribution in [2.75, 3.05) is 13.2 Å². The summed E-state index contributed by atoms with van der Waals surface area (Å²) < 4.78 is 5.27. The molecule has 2 rings (SSSR count). The van der Waals surface area contributed by atoms with Crippen molar-refractivity contribution in [1.29, 1.82) is 0 Å². The number of carboxylic acids is 1. The van der Waals surface area contributed by atoms with Crippen molar-refractivity contribution in [3.05, 3.63) is 0 Å². The Kier molecular flexibility index (Phi) is 2.49. The van der Waals surface area contributed by atoms with Gasteiger partial charge in [-0.3, -0.25) is 4.79 Å². The Bertz CT molecular complexity index is 232. The third-order valence-corrected chi connectivity index (χ3v) is 3.75. The van der Waals surface area contributed by atoms with Gasteiger partial charge in [0.25, 0.3) is 0 Å². The molecule has 1 aliphatic carbocycles. The first-order chi connectivity index (χ1) is 6.67. The minimum atomic E-state index is -0.853. The highest BCUT2D eigenvalue weighted by Crippen LogP contribution is 2.57. The highest BCUT2D eigenvalue weighted by atomic mass is 16.5. The van der Waals surface area contributed by atoms with Gasteiger partial charge in [0, 0.05) is 13.2 Å². The fourth-order valence-corrected chi connectivity index (χ4v) is 2.64. The summed E-state index contributed by atoms with van der Waals surface area (Å²) in [4.78, 5) is 10.9. The predicted molar refractivity (Wildman–Crippen MR) is 50.8 cm³/mol. The van der Waals surface area contributed by atoms with Crippen molar-refractivity contribution in [2.45, 2.75) is 31.7 Å². The van der Waals surface area contributed by atoms with Gasteiger partial charge in [-0.05, 0) is 37.0 Å². The van der Waals surface area contributed by atoms with E-state index in [1.165, 1.54) is 0 Å². The summed E-state index contributed by atoms with van der Waals surface area (Å²) in [6.45, 7) is 1.53. The number of rotatable bonds is 3. The molecule has 14 heavy (non-hydrogen) atoms. The molecular formula is C10H17NO3. The Labute approximate surface area is 83.4 Å². The minimum Gasteiger partial charge on any atom is -0.480 e. The summed E-state index contributed by atoms with van der Waals surface area (Å²) >= 11 is 0. The average molecular weight is 199 g/mol. The molecule has 1 saturated heterocycles. The molecule has 0 amide bonds. The third kappa shape index (κ3) is 1.53. The molecule has 4 nitrogen and oxygen atoms in total. The summed E-state index contributed by atoms with van der Waals surface area (Å²) in [6.07, 6.45) is 3.90. The zero-order valence-electron chi connectivity index (χ0n) is 8.24. The molecule has 1 atom stereocenters. The highest BCUT2D eigenvalue weighted by Gasteiger charge is 2.55. The number of nitrogens with two attached hydrogens (primary N) is 1. The topological polar surface area (TPSA) is 72.6 Å². The van der Waals surface area contributed by atoms with Gasteiger partial charge in [0.1, 0.15) is 6.04 Å². The van der Waals surface area contributed by atoms with E-state index in [9.17, 15) is 4.79 Å². The number of carbonyl (C=O) groups is 1. The second-order valence-corrected chi connectivity index (χ2v) is 4.44. The van der Waals surface area contributed by atoms with E-state index in [1.807, 2.05) is 0 Å². The van der Waals surface area contributed by atoms with Crippen LogP contribution >= 0.6 is 0 Å². The number of ether oxygens (including phenoxy) is 1. The van der Waals surface area contributed by atoms with Crippen LogP contribution in [0, 0.1) is 11.3 Å². The van der Waals surface area contributed by atoms with Crippen LogP contribution in [0.4, 0.5) is 0 Å². The Morgan fingerprint density at radius 1 is 1.43 bits per heavy atom. The van der Waals surface area contributed by atoms with E-state index in [2.05, 4.69) is 0 Å². The molecule has 0 bridgehead atoms. The van der Waals surface area contributed by atoms with Crippen LogP contribution in [0.1, 0.15) is 25.7 Å². The summed E-state index contributed by atoms with van der Waals surface area (Å²) in [5, 5.41) is 8.93. The van der Waals surface area contributed by atoms with Gasteiger partial charge in [0.15, 0.2) is 0 Å². The van der Waals surface area contributed by atoms with Gasteiger partial charge in [-0.25, -0.2) is 0 Å². The molecule has 0 aromatic heterocycles. The first-order valence-corrected chi connectivity index (χ1v) is 5.23. The normalized spacial score (nSPS) is 28.4. The summed E-state index contributed by atoms with van der Waals surface area (Å²) in [5.41, 5.74) is 5.65. The molecule has 0 radical (unpaired) electrons. The maximum Gasteiger partial charge on any atom is 0.321 e. The van der Waals surface area contributed by atoms with Crippen LogP contribution in [0.25, 0.3) is 0 Å². The van der Waals surface area contributed by atoms with Crippen molar-refractivity contribution in [3.63, 3.8) is 0 Å². The van der Waals surface area contributed by atoms with E-state index in [-0.39, 0.29) is 5.41 Å².